The van der Waals surface area contributed by atoms with E-state index in [0.717, 1.165) is 24.3 Å². The van der Waals surface area contributed by atoms with Crippen LogP contribution < -0.4 is 14.2 Å². The third kappa shape index (κ3) is 3.15. The van der Waals surface area contributed by atoms with Crippen LogP contribution in [0.1, 0.15) is 33.9 Å². The Labute approximate surface area is 164 Å². The Balaban J connectivity index is 1.76. The topological polar surface area (TPSA) is 44.8 Å². The largest absolute Gasteiger partial charge is 0.492 e. The molecule has 0 saturated carbocycles. The number of benzene rings is 2. The van der Waals surface area contributed by atoms with Gasteiger partial charge in [-0.05, 0) is 35.9 Å². The van der Waals surface area contributed by atoms with E-state index >= 15 is 0 Å². The van der Waals surface area contributed by atoms with E-state index in [-0.39, 0.29) is 18.6 Å². The molecule has 2 aliphatic heterocycles. The van der Waals surface area contributed by atoms with Gasteiger partial charge in [-0.2, -0.15) is 0 Å². The van der Waals surface area contributed by atoms with Crippen molar-refractivity contribution in [1.29, 1.82) is 0 Å². The number of ether oxygens (including phenoxy) is 3. The molecule has 0 fully saturated rings. The predicted molar refractivity (Wildman–Crippen MR) is 103 cm³/mol. The van der Waals surface area contributed by atoms with Crippen LogP contribution in [0.25, 0.3) is 0 Å². The summed E-state index contributed by atoms with van der Waals surface area (Å²) in [5.41, 5.74) is 2.90. The molecule has 0 unspecified atom stereocenters. The number of likely N-dealkylation sites (N-methyl/N-ethyl adjacent to an activating group) is 1. The summed E-state index contributed by atoms with van der Waals surface area (Å²) in [6, 6.07) is 9.08. The number of halogens is 1. The van der Waals surface area contributed by atoms with Crippen LogP contribution in [-0.4, -0.2) is 44.8 Å². The molecule has 0 spiro atoms. The van der Waals surface area contributed by atoms with Gasteiger partial charge in [0.05, 0.1) is 39.7 Å². The Bertz CT molecular complexity index is 892. The molecule has 0 aromatic heterocycles. The Kier molecular flexibility index (Phi) is 4.52. The van der Waals surface area contributed by atoms with Crippen molar-refractivity contribution in [3.8, 4) is 17.2 Å². The van der Waals surface area contributed by atoms with Gasteiger partial charge in [-0.15, -0.1) is 0 Å². The molecular formula is C21H23ClNO4+. The summed E-state index contributed by atoms with van der Waals surface area (Å²) in [6.07, 6.45) is 1.29. The second-order valence-electron chi connectivity index (χ2n) is 7.62. The molecule has 6 heteroatoms. The number of rotatable bonds is 4. The fraction of sp³-hybridized carbons (Fsp3) is 0.381. The lowest BCUT2D eigenvalue weighted by molar-refractivity contribution is -0.922. The lowest BCUT2D eigenvalue weighted by Gasteiger charge is -2.43. The summed E-state index contributed by atoms with van der Waals surface area (Å²) >= 11 is 5.96. The first kappa shape index (κ1) is 18.1. The first-order chi connectivity index (χ1) is 12.9. The fourth-order valence-corrected chi connectivity index (χ4v) is 4.17. The SMILES string of the molecule is COc1c2c(cc3c1[C@@H](CC(=O)c1ccc(Cl)cc1)[N+](C)(C)CC3)OCO2. The van der Waals surface area contributed by atoms with Crippen LogP contribution >= 0.6 is 11.6 Å². The molecule has 5 nitrogen and oxygen atoms in total. The number of carbonyl (C=O) groups excluding carboxylic acids is 1. The van der Waals surface area contributed by atoms with Crippen LogP contribution in [0.5, 0.6) is 17.2 Å². The summed E-state index contributed by atoms with van der Waals surface area (Å²) in [6.45, 7) is 1.13. The van der Waals surface area contributed by atoms with Gasteiger partial charge < -0.3 is 18.7 Å². The van der Waals surface area contributed by atoms with Crippen LogP contribution in [0, 0.1) is 0 Å². The van der Waals surface area contributed by atoms with E-state index in [2.05, 4.69) is 14.1 Å². The van der Waals surface area contributed by atoms with Crippen LogP contribution in [0.2, 0.25) is 5.02 Å². The van der Waals surface area contributed by atoms with Gasteiger partial charge in [0.15, 0.2) is 17.3 Å². The van der Waals surface area contributed by atoms with Gasteiger partial charge in [0.2, 0.25) is 12.5 Å². The quantitative estimate of drug-likeness (QED) is 0.586. The standard InChI is InChI=1S/C21H23ClNO4/c1-23(2)9-8-14-10-18-20(27-12-26-18)21(25-3)19(14)16(23)11-17(24)13-4-6-15(22)7-5-13/h4-7,10,16H,8-9,11-12H2,1-3H3/q+1/t16-/m1/s1. The molecule has 0 saturated heterocycles. The highest BCUT2D eigenvalue weighted by molar-refractivity contribution is 6.30. The number of nitrogens with zero attached hydrogens (tertiary/aromatic N) is 1. The van der Waals surface area contributed by atoms with E-state index in [0.29, 0.717) is 33.0 Å². The minimum Gasteiger partial charge on any atom is -0.492 e. The van der Waals surface area contributed by atoms with Crippen LogP contribution in [-0.2, 0) is 6.42 Å². The smallest absolute Gasteiger partial charge is 0.231 e. The van der Waals surface area contributed by atoms with Gasteiger partial charge in [0.1, 0.15) is 6.04 Å². The molecule has 2 aromatic rings. The van der Waals surface area contributed by atoms with Crippen molar-refractivity contribution in [2.24, 2.45) is 0 Å². The van der Waals surface area contributed by atoms with Gasteiger partial charge in [-0.3, -0.25) is 4.79 Å². The van der Waals surface area contributed by atoms with Crippen molar-refractivity contribution < 1.29 is 23.5 Å². The Morgan fingerprint density at radius 3 is 2.70 bits per heavy atom. The average Bonchev–Trinajstić information content (AvgIpc) is 3.11. The van der Waals surface area contributed by atoms with Crippen LogP contribution in [0.15, 0.2) is 30.3 Å². The van der Waals surface area contributed by atoms with E-state index < -0.39 is 0 Å². The van der Waals surface area contributed by atoms with Gasteiger partial charge in [-0.1, -0.05) is 11.6 Å². The van der Waals surface area contributed by atoms with Gasteiger partial charge in [0.25, 0.3) is 0 Å². The number of hydrogen-bond acceptors (Lipinski definition) is 4. The second kappa shape index (κ2) is 6.73. The van der Waals surface area contributed by atoms with Crippen molar-refractivity contribution in [3.05, 3.63) is 52.0 Å². The first-order valence-electron chi connectivity index (χ1n) is 9.01. The summed E-state index contributed by atoms with van der Waals surface area (Å²) < 4.78 is 17.7. The molecule has 2 aliphatic rings. The number of ketones is 1. The van der Waals surface area contributed by atoms with Crippen molar-refractivity contribution >= 4 is 17.4 Å². The molecular weight excluding hydrogens is 366 g/mol. The summed E-state index contributed by atoms with van der Waals surface area (Å²) in [4.78, 5) is 13.0. The highest BCUT2D eigenvalue weighted by Crippen LogP contribution is 2.51. The number of Topliss-reactive ketones (excluding diaryl/α,β-unsaturated/α-hetero) is 1. The Morgan fingerprint density at radius 1 is 1.26 bits per heavy atom. The Hall–Kier alpha value is -2.24. The molecule has 0 N–H and O–H groups in total. The van der Waals surface area contributed by atoms with E-state index in [4.69, 9.17) is 25.8 Å². The molecule has 0 amide bonds. The minimum atomic E-state index is -0.0265. The van der Waals surface area contributed by atoms with Gasteiger partial charge in [-0.25, -0.2) is 0 Å². The molecule has 0 radical (unpaired) electrons. The summed E-state index contributed by atoms with van der Waals surface area (Å²) in [7, 11) is 5.96. The van der Waals surface area contributed by atoms with Gasteiger partial charge in [0, 0.05) is 17.0 Å². The lowest BCUT2D eigenvalue weighted by Crippen LogP contribution is -2.48. The third-order valence-electron chi connectivity index (χ3n) is 5.63. The maximum absolute atomic E-state index is 13.0. The molecule has 4 rings (SSSR count). The third-order valence-corrected chi connectivity index (χ3v) is 5.88. The molecule has 2 heterocycles. The van der Waals surface area contributed by atoms with Gasteiger partial charge >= 0.3 is 0 Å². The molecule has 142 valence electrons. The normalized spacial score (nSPS) is 19.5. The summed E-state index contributed by atoms with van der Waals surface area (Å²) in [5, 5.41) is 0.625. The van der Waals surface area contributed by atoms with Crippen molar-refractivity contribution in [1.82, 2.24) is 0 Å². The Morgan fingerprint density at radius 2 is 2.00 bits per heavy atom. The maximum atomic E-state index is 13.0. The zero-order chi connectivity index (χ0) is 19.2. The molecule has 2 aromatic carbocycles. The first-order valence-corrected chi connectivity index (χ1v) is 9.39. The molecule has 0 aliphatic carbocycles. The van der Waals surface area contributed by atoms with E-state index in [1.165, 1.54) is 5.56 Å². The molecule has 27 heavy (non-hydrogen) atoms. The summed E-state index contributed by atoms with van der Waals surface area (Å²) in [5.74, 6) is 2.15. The fourth-order valence-electron chi connectivity index (χ4n) is 4.04. The number of carbonyl (C=O) groups is 1. The average molecular weight is 389 g/mol. The van der Waals surface area contributed by atoms with Crippen LogP contribution in [0.4, 0.5) is 0 Å². The zero-order valence-electron chi connectivity index (χ0n) is 15.8. The second-order valence-corrected chi connectivity index (χ2v) is 8.06. The van der Waals surface area contributed by atoms with Crippen molar-refractivity contribution in [2.75, 3.05) is 34.5 Å². The van der Waals surface area contributed by atoms with Crippen LogP contribution in [0.3, 0.4) is 0 Å². The van der Waals surface area contributed by atoms with Crippen molar-refractivity contribution in [3.63, 3.8) is 0 Å². The minimum absolute atomic E-state index is 0.0265. The van der Waals surface area contributed by atoms with E-state index in [1.54, 1.807) is 31.4 Å². The lowest BCUT2D eigenvalue weighted by atomic mass is 9.86. The van der Waals surface area contributed by atoms with Crippen molar-refractivity contribution in [2.45, 2.75) is 18.9 Å². The number of quaternary nitrogens is 1. The zero-order valence-corrected chi connectivity index (χ0v) is 16.5. The molecule has 1 atom stereocenters. The molecule has 0 bridgehead atoms. The number of methoxy groups -OCH3 is 1. The highest BCUT2D eigenvalue weighted by atomic mass is 35.5. The van der Waals surface area contributed by atoms with E-state index in [1.807, 2.05) is 6.07 Å². The highest BCUT2D eigenvalue weighted by Gasteiger charge is 2.42. The number of hydrogen-bond donors (Lipinski definition) is 0. The predicted octanol–water partition coefficient (Wildman–Crippen LogP) is 4.02. The van der Waals surface area contributed by atoms with E-state index in [9.17, 15) is 4.79 Å². The monoisotopic (exact) mass is 388 g/mol. The number of fused-ring (bicyclic) bond motifs is 2. The maximum Gasteiger partial charge on any atom is 0.231 e.